The fourth-order valence-corrected chi connectivity index (χ4v) is 4.07. The molecule has 2 heterocycles. The highest BCUT2D eigenvalue weighted by Crippen LogP contribution is 2.36. The highest BCUT2D eigenvalue weighted by molar-refractivity contribution is 6.03. The number of hydrogen-bond acceptors (Lipinski definition) is 3. The van der Waals surface area contributed by atoms with Crippen molar-refractivity contribution in [2.24, 2.45) is 0 Å². The molecule has 2 aromatic carbocycles. The van der Waals surface area contributed by atoms with E-state index in [1.165, 1.54) is 11.1 Å². The van der Waals surface area contributed by atoms with Gasteiger partial charge >= 0.3 is 0 Å². The maximum absolute atomic E-state index is 13.3. The minimum Gasteiger partial charge on any atom is -0.508 e. The number of piperidine rings is 1. The van der Waals surface area contributed by atoms with Gasteiger partial charge in [-0.3, -0.25) is 4.79 Å². The van der Waals surface area contributed by atoms with Crippen molar-refractivity contribution in [3.63, 3.8) is 0 Å². The fraction of sp³-hybridized carbons (Fsp3) is 0.381. The third-order valence-corrected chi connectivity index (χ3v) is 5.51. The molecular formula is C21H24N2O2. The monoisotopic (exact) mass is 336 g/mol. The van der Waals surface area contributed by atoms with Crippen molar-refractivity contribution < 1.29 is 9.90 Å². The number of hydrogen-bond donors (Lipinski definition) is 1. The molecule has 4 heteroatoms. The number of aryl methyl sites for hydroxylation is 1. The first-order chi connectivity index (χ1) is 12.0. The molecule has 0 unspecified atom stereocenters. The molecule has 130 valence electrons. The lowest BCUT2D eigenvalue weighted by Gasteiger charge is -2.37. The van der Waals surface area contributed by atoms with Gasteiger partial charge in [0.2, 0.25) is 0 Å². The van der Waals surface area contributed by atoms with E-state index in [4.69, 9.17) is 0 Å². The molecule has 0 aromatic heterocycles. The first kappa shape index (κ1) is 16.2. The average molecular weight is 336 g/mol. The van der Waals surface area contributed by atoms with Gasteiger partial charge in [-0.05, 0) is 74.8 Å². The SMILES string of the molecule is Cc1ccc2c(c1)CN(C1CCN(C)CC1)C(=O)c1cc(O)ccc1-2. The van der Waals surface area contributed by atoms with Gasteiger partial charge in [0.25, 0.3) is 5.91 Å². The molecule has 4 nitrogen and oxygen atoms in total. The summed E-state index contributed by atoms with van der Waals surface area (Å²) in [5, 5.41) is 9.94. The van der Waals surface area contributed by atoms with Crippen molar-refractivity contribution in [1.82, 2.24) is 9.80 Å². The van der Waals surface area contributed by atoms with Gasteiger partial charge in [-0.25, -0.2) is 0 Å². The zero-order chi connectivity index (χ0) is 17.6. The quantitative estimate of drug-likeness (QED) is 0.868. The van der Waals surface area contributed by atoms with Gasteiger partial charge in [-0.2, -0.15) is 0 Å². The van der Waals surface area contributed by atoms with E-state index in [0.29, 0.717) is 12.1 Å². The number of carbonyl (C=O) groups is 1. The number of aromatic hydroxyl groups is 1. The van der Waals surface area contributed by atoms with E-state index >= 15 is 0 Å². The van der Waals surface area contributed by atoms with Gasteiger partial charge in [0.15, 0.2) is 0 Å². The van der Waals surface area contributed by atoms with Gasteiger partial charge in [0.05, 0.1) is 5.56 Å². The summed E-state index contributed by atoms with van der Waals surface area (Å²) < 4.78 is 0. The van der Waals surface area contributed by atoms with E-state index in [0.717, 1.165) is 37.1 Å². The highest BCUT2D eigenvalue weighted by Gasteiger charge is 2.32. The number of amides is 1. The minimum absolute atomic E-state index is 0.0364. The molecule has 0 radical (unpaired) electrons. The number of likely N-dealkylation sites (tertiary alicyclic amines) is 1. The van der Waals surface area contributed by atoms with E-state index < -0.39 is 0 Å². The van der Waals surface area contributed by atoms with Crippen molar-refractivity contribution in [3.8, 4) is 16.9 Å². The van der Waals surface area contributed by atoms with Gasteiger partial charge in [0, 0.05) is 12.6 Å². The largest absolute Gasteiger partial charge is 0.508 e. The topological polar surface area (TPSA) is 43.8 Å². The third-order valence-electron chi connectivity index (χ3n) is 5.51. The molecular weight excluding hydrogens is 312 g/mol. The normalized spacial score (nSPS) is 18.6. The number of benzene rings is 2. The van der Waals surface area contributed by atoms with E-state index in [2.05, 4.69) is 37.1 Å². The molecule has 0 bridgehead atoms. The molecule has 0 aliphatic carbocycles. The predicted octanol–water partition coefficient (Wildman–Crippen LogP) is 3.42. The van der Waals surface area contributed by atoms with E-state index in [1.807, 2.05) is 11.0 Å². The molecule has 0 saturated carbocycles. The van der Waals surface area contributed by atoms with Crippen molar-refractivity contribution in [1.29, 1.82) is 0 Å². The Hall–Kier alpha value is -2.33. The Morgan fingerprint density at radius 2 is 1.72 bits per heavy atom. The summed E-state index contributed by atoms with van der Waals surface area (Å²) in [4.78, 5) is 17.7. The highest BCUT2D eigenvalue weighted by atomic mass is 16.3. The zero-order valence-corrected chi connectivity index (χ0v) is 14.8. The van der Waals surface area contributed by atoms with Gasteiger partial charge in [0.1, 0.15) is 5.75 Å². The van der Waals surface area contributed by atoms with Crippen LogP contribution in [0, 0.1) is 6.92 Å². The maximum atomic E-state index is 13.3. The fourth-order valence-electron chi connectivity index (χ4n) is 4.07. The molecule has 0 spiro atoms. The third kappa shape index (κ3) is 2.91. The average Bonchev–Trinajstić information content (AvgIpc) is 2.71. The molecule has 1 saturated heterocycles. The number of carbonyl (C=O) groups excluding carboxylic acids is 1. The number of phenolic OH excluding ortho intramolecular Hbond substituents is 1. The lowest BCUT2D eigenvalue weighted by molar-refractivity contribution is 0.0574. The molecule has 4 rings (SSSR count). The second kappa shape index (κ2) is 6.19. The molecule has 2 aromatic rings. The van der Waals surface area contributed by atoms with E-state index in [-0.39, 0.29) is 17.7 Å². The summed E-state index contributed by atoms with van der Waals surface area (Å²) in [6.07, 6.45) is 2.00. The Morgan fingerprint density at radius 3 is 2.48 bits per heavy atom. The smallest absolute Gasteiger partial charge is 0.255 e. The van der Waals surface area contributed by atoms with Crippen LogP contribution in [0.15, 0.2) is 36.4 Å². The summed E-state index contributed by atoms with van der Waals surface area (Å²) in [5.41, 5.74) is 5.03. The Labute approximate surface area is 148 Å². The number of phenols is 1. The summed E-state index contributed by atoms with van der Waals surface area (Å²) in [6, 6.07) is 11.8. The van der Waals surface area contributed by atoms with Crippen molar-refractivity contribution in [3.05, 3.63) is 53.1 Å². The lowest BCUT2D eigenvalue weighted by atomic mass is 9.95. The second-order valence-electron chi connectivity index (χ2n) is 7.36. The van der Waals surface area contributed by atoms with Crippen LogP contribution in [0.1, 0.15) is 34.3 Å². The van der Waals surface area contributed by atoms with Gasteiger partial charge < -0.3 is 14.9 Å². The van der Waals surface area contributed by atoms with Crippen molar-refractivity contribution in [2.45, 2.75) is 32.4 Å². The Bertz CT molecular complexity index is 823. The molecule has 2 aliphatic heterocycles. The van der Waals surface area contributed by atoms with Crippen LogP contribution in [0.3, 0.4) is 0 Å². The molecule has 0 atom stereocenters. The first-order valence-corrected chi connectivity index (χ1v) is 8.95. The number of nitrogens with zero attached hydrogens (tertiary/aromatic N) is 2. The first-order valence-electron chi connectivity index (χ1n) is 8.95. The maximum Gasteiger partial charge on any atom is 0.255 e. The van der Waals surface area contributed by atoms with Crippen LogP contribution >= 0.6 is 0 Å². The zero-order valence-electron chi connectivity index (χ0n) is 14.8. The molecule has 2 aliphatic rings. The van der Waals surface area contributed by atoms with Crippen LogP contribution in [0.25, 0.3) is 11.1 Å². The number of rotatable bonds is 1. The lowest BCUT2D eigenvalue weighted by Crippen LogP contribution is -2.45. The van der Waals surface area contributed by atoms with E-state index in [1.54, 1.807) is 12.1 Å². The van der Waals surface area contributed by atoms with E-state index in [9.17, 15) is 9.90 Å². The Morgan fingerprint density at radius 1 is 1.00 bits per heavy atom. The summed E-state index contributed by atoms with van der Waals surface area (Å²) in [6.45, 7) is 4.76. The van der Waals surface area contributed by atoms with Crippen molar-refractivity contribution >= 4 is 5.91 Å². The summed E-state index contributed by atoms with van der Waals surface area (Å²) >= 11 is 0. The molecule has 1 amide bonds. The summed E-state index contributed by atoms with van der Waals surface area (Å²) in [5.74, 6) is 0.181. The van der Waals surface area contributed by atoms with Crippen LogP contribution < -0.4 is 0 Å². The second-order valence-corrected chi connectivity index (χ2v) is 7.36. The Kier molecular flexibility index (Phi) is 4.00. The summed E-state index contributed by atoms with van der Waals surface area (Å²) in [7, 11) is 2.13. The van der Waals surface area contributed by atoms with Crippen LogP contribution in [0.2, 0.25) is 0 Å². The predicted molar refractivity (Wildman–Crippen MR) is 98.7 cm³/mol. The van der Waals surface area contributed by atoms with Crippen molar-refractivity contribution in [2.75, 3.05) is 20.1 Å². The standard InChI is InChI=1S/C21H24N2O2/c1-14-3-5-18-15(11-14)13-23(16-7-9-22(2)10-8-16)21(25)20-12-17(24)4-6-19(18)20/h3-6,11-12,16,24H,7-10,13H2,1-2H3. The van der Waals surface area contributed by atoms with Crippen LogP contribution in [0.5, 0.6) is 5.75 Å². The van der Waals surface area contributed by atoms with Gasteiger partial charge in [-0.1, -0.05) is 23.8 Å². The molecule has 1 fully saturated rings. The van der Waals surface area contributed by atoms with Crippen LogP contribution in [-0.4, -0.2) is 47.0 Å². The molecule has 25 heavy (non-hydrogen) atoms. The molecule has 1 N–H and O–H groups in total. The number of fused-ring (bicyclic) bond motifs is 3. The Balaban J connectivity index is 1.82. The van der Waals surface area contributed by atoms with Crippen LogP contribution in [0.4, 0.5) is 0 Å². The minimum atomic E-state index is 0.0364. The van der Waals surface area contributed by atoms with Crippen LogP contribution in [-0.2, 0) is 6.54 Å². The van der Waals surface area contributed by atoms with Gasteiger partial charge in [-0.15, -0.1) is 0 Å².